The molecule has 2 aromatic carbocycles. The molecule has 0 bridgehead atoms. The highest BCUT2D eigenvalue weighted by Gasteiger charge is 2.05. The lowest BCUT2D eigenvalue weighted by molar-refractivity contribution is 0.0951. The van der Waals surface area contributed by atoms with E-state index in [9.17, 15) is 4.79 Å². The van der Waals surface area contributed by atoms with Crippen LogP contribution in [0, 0.1) is 6.92 Å². The fourth-order valence-corrected chi connectivity index (χ4v) is 1.80. The summed E-state index contributed by atoms with van der Waals surface area (Å²) in [6, 6.07) is 15.0. The number of hydrogen-bond donors (Lipinski definition) is 3. The Morgan fingerprint density at radius 3 is 2.42 bits per heavy atom. The summed E-state index contributed by atoms with van der Waals surface area (Å²) in [5, 5.41) is 2.90. The number of benzene rings is 2. The fraction of sp³-hybridized carbons (Fsp3) is 0.133. The van der Waals surface area contributed by atoms with Gasteiger partial charge in [0.25, 0.3) is 5.91 Å². The molecule has 0 radical (unpaired) electrons. The minimum absolute atomic E-state index is 0.0909. The van der Waals surface area contributed by atoms with Gasteiger partial charge in [0.15, 0.2) is 0 Å². The van der Waals surface area contributed by atoms with Gasteiger partial charge in [-0.3, -0.25) is 10.6 Å². The molecular formula is C15H17N3O. The Bertz CT molecular complexity index is 564. The number of aryl methyl sites for hydroxylation is 1. The molecule has 0 aromatic heterocycles. The van der Waals surface area contributed by atoms with Crippen LogP contribution in [0.15, 0.2) is 48.5 Å². The smallest absolute Gasteiger partial charge is 0.251 e. The molecular weight excluding hydrogens is 238 g/mol. The average Bonchev–Trinajstić information content (AvgIpc) is 2.46. The van der Waals surface area contributed by atoms with E-state index in [1.807, 2.05) is 31.2 Å². The van der Waals surface area contributed by atoms with Crippen molar-refractivity contribution in [3.8, 4) is 0 Å². The quantitative estimate of drug-likeness (QED) is 0.579. The zero-order chi connectivity index (χ0) is 13.7. The number of hydrazine groups is 1. The number of carbonyl (C=O) groups is 1. The maximum absolute atomic E-state index is 12.0. The van der Waals surface area contributed by atoms with Crippen LogP contribution >= 0.6 is 0 Å². The molecule has 0 unspecified atom stereocenters. The number of carbonyl (C=O) groups excluding carboxylic acids is 1. The molecule has 4 nitrogen and oxygen atoms in total. The van der Waals surface area contributed by atoms with Crippen LogP contribution in [0.25, 0.3) is 0 Å². The van der Waals surface area contributed by atoms with Gasteiger partial charge >= 0.3 is 0 Å². The van der Waals surface area contributed by atoms with Gasteiger partial charge in [-0.25, -0.2) is 0 Å². The van der Waals surface area contributed by atoms with Crippen LogP contribution in [-0.2, 0) is 6.54 Å². The Labute approximate surface area is 112 Å². The van der Waals surface area contributed by atoms with E-state index >= 15 is 0 Å². The molecule has 2 aromatic rings. The Kier molecular flexibility index (Phi) is 4.15. The fourth-order valence-electron chi connectivity index (χ4n) is 1.80. The SMILES string of the molecule is Cc1ccccc1CNC(=O)c1ccc(NN)cc1. The first-order valence-corrected chi connectivity index (χ1v) is 6.10. The highest BCUT2D eigenvalue weighted by Crippen LogP contribution is 2.09. The van der Waals surface area contributed by atoms with Gasteiger partial charge in [0.05, 0.1) is 0 Å². The second kappa shape index (κ2) is 6.02. The summed E-state index contributed by atoms with van der Waals surface area (Å²) in [7, 11) is 0. The standard InChI is InChI=1S/C15H17N3O/c1-11-4-2-3-5-13(11)10-17-15(19)12-6-8-14(18-16)9-7-12/h2-9,18H,10,16H2,1H3,(H,17,19). The molecule has 98 valence electrons. The topological polar surface area (TPSA) is 67.2 Å². The number of anilines is 1. The maximum Gasteiger partial charge on any atom is 0.251 e. The third-order valence-corrected chi connectivity index (χ3v) is 3.01. The third-order valence-electron chi connectivity index (χ3n) is 3.01. The number of nitrogen functional groups attached to an aromatic ring is 1. The summed E-state index contributed by atoms with van der Waals surface area (Å²) in [6.45, 7) is 2.56. The van der Waals surface area contributed by atoms with Crippen molar-refractivity contribution in [3.05, 3.63) is 65.2 Å². The predicted octanol–water partition coefficient (Wildman–Crippen LogP) is 2.21. The summed E-state index contributed by atoms with van der Waals surface area (Å²) >= 11 is 0. The van der Waals surface area contributed by atoms with Crippen molar-refractivity contribution in [1.29, 1.82) is 0 Å². The molecule has 0 aliphatic carbocycles. The van der Waals surface area contributed by atoms with Crippen LogP contribution in [0.2, 0.25) is 0 Å². The largest absolute Gasteiger partial charge is 0.348 e. The molecule has 0 saturated heterocycles. The molecule has 19 heavy (non-hydrogen) atoms. The molecule has 4 heteroatoms. The van der Waals surface area contributed by atoms with Crippen LogP contribution in [0.4, 0.5) is 5.69 Å². The molecule has 0 aliphatic rings. The molecule has 0 spiro atoms. The molecule has 2 rings (SSSR count). The van der Waals surface area contributed by atoms with Gasteiger partial charge in [0.1, 0.15) is 0 Å². The minimum Gasteiger partial charge on any atom is -0.348 e. The van der Waals surface area contributed by atoms with E-state index in [1.54, 1.807) is 24.3 Å². The van der Waals surface area contributed by atoms with Gasteiger partial charge in [0, 0.05) is 17.8 Å². The first-order chi connectivity index (χ1) is 9.20. The van der Waals surface area contributed by atoms with E-state index < -0.39 is 0 Å². The summed E-state index contributed by atoms with van der Waals surface area (Å²) in [4.78, 5) is 12.0. The molecule has 0 atom stereocenters. The van der Waals surface area contributed by atoms with Gasteiger partial charge in [-0.2, -0.15) is 0 Å². The van der Waals surface area contributed by atoms with E-state index in [2.05, 4.69) is 10.7 Å². The lowest BCUT2D eigenvalue weighted by Gasteiger charge is -2.08. The van der Waals surface area contributed by atoms with E-state index in [0.29, 0.717) is 12.1 Å². The van der Waals surface area contributed by atoms with Crippen LogP contribution in [0.3, 0.4) is 0 Å². The lowest BCUT2D eigenvalue weighted by Crippen LogP contribution is -2.23. The molecule has 0 aliphatic heterocycles. The van der Waals surface area contributed by atoms with Crippen LogP contribution < -0.4 is 16.6 Å². The van der Waals surface area contributed by atoms with Gasteiger partial charge in [-0.1, -0.05) is 24.3 Å². The second-order valence-corrected chi connectivity index (χ2v) is 4.33. The van der Waals surface area contributed by atoms with Crippen molar-refractivity contribution in [3.63, 3.8) is 0 Å². The van der Waals surface area contributed by atoms with E-state index in [0.717, 1.165) is 11.3 Å². The number of rotatable bonds is 4. The summed E-state index contributed by atoms with van der Waals surface area (Å²) in [5.41, 5.74) is 6.21. The lowest BCUT2D eigenvalue weighted by atomic mass is 10.1. The van der Waals surface area contributed by atoms with Crippen LogP contribution in [0.1, 0.15) is 21.5 Å². The minimum atomic E-state index is -0.0909. The zero-order valence-corrected chi connectivity index (χ0v) is 10.8. The number of nitrogens with one attached hydrogen (secondary N) is 2. The van der Waals surface area contributed by atoms with Crippen molar-refractivity contribution in [2.75, 3.05) is 5.43 Å². The Morgan fingerprint density at radius 1 is 1.11 bits per heavy atom. The van der Waals surface area contributed by atoms with E-state index in [4.69, 9.17) is 5.84 Å². The normalized spacial score (nSPS) is 10.0. The van der Waals surface area contributed by atoms with E-state index in [-0.39, 0.29) is 5.91 Å². The highest BCUT2D eigenvalue weighted by atomic mass is 16.1. The predicted molar refractivity (Wildman–Crippen MR) is 76.6 cm³/mol. The van der Waals surface area contributed by atoms with Crippen LogP contribution in [-0.4, -0.2) is 5.91 Å². The van der Waals surface area contributed by atoms with Gasteiger partial charge < -0.3 is 10.7 Å². The summed E-state index contributed by atoms with van der Waals surface area (Å²) in [5.74, 6) is 5.19. The van der Waals surface area contributed by atoms with Gasteiger partial charge in [-0.15, -0.1) is 0 Å². The maximum atomic E-state index is 12.0. The Morgan fingerprint density at radius 2 is 1.79 bits per heavy atom. The van der Waals surface area contributed by atoms with Crippen molar-refractivity contribution >= 4 is 11.6 Å². The third kappa shape index (κ3) is 3.33. The Balaban J connectivity index is 1.99. The van der Waals surface area contributed by atoms with Crippen LogP contribution in [0.5, 0.6) is 0 Å². The average molecular weight is 255 g/mol. The summed E-state index contributed by atoms with van der Waals surface area (Å²) < 4.78 is 0. The molecule has 0 heterocycles. The van der Waals surface area contributed by atoms with E-state index in [1.165, 1.54) is 5.56 Å². The first-order valence-electron chi connectivity index (χ1n) is 6.10. The second-order valence-electron chi connectivity index (χ2n) is 4.33. The van der Waals surface area contributed by atoms with Crippen molar-refractivity contribution in [2.45, 2.75) is 13.5 Å². The first kappa shape index (κ1) is 13.1. The molecule has 0 fully saturated rings. The van der Waals surface area contributed by atoms with Gasteiger partial charge in [-0.05, 0) is 42.3 Å². The monoisotopic (exact) mass is 255 g/mol. The summed E-state index contributed by atoms with van der Waals surface area (Å²) in [6.07, 6.45) is 0. The zero-order valence-electron chi connectivity index (χ0n) is 10.8. The molecule has 1 amide bonds. The highest BCUT2D eigenvalue weighted by molar-refractivity contribution is 5.94. The number of nitrogens with two attached hydrogens (primary N) is 1. The van der Waals surface area contributed by atoms with Crippen molar-refractivity contribution in [1.82, 2.24) is 5.32 Å². The van der Waals surface area contributed by atoms with Crippen molar-refractivity contribution < 1.29 is 4.79 Å². The molecule has 0 saturated carbocycles. The van der Waals surface area contributed by atoms with Gasteiger partial charge in [0.2, 0.25) is 0 Å². The molecule has 4 N–H and O–H groups in total. The number of hydrogen-bond acceptors (Lipinski definition) is 3. The number of amides is 1. The Hall–Kier alpha value is -2.33. The van der Waals surface area contributed by atoms with Crippen molar-refractivity contribution in [2.24, 2.45) is 5.84 Å².